The van der Waals surface area contributed by atoms with Gasteiger partial charge in [-0.15, -0.1) is 0 Å². The average molecular weight is 252 g/mol. The molecule has 5 heteroatoms. The summed E-state index contributed by atoms with van der Waals surface area (Å²) in [4.78, 5) is 11.4. The van der Waals surface area contributed by atoms with Crippen LogP contribution in [0.4, 0.5) is 5.69 Å². The molecule has 1 aromatic rings. The van der Waals surface area contributed by atoms with Crippen molar-refractivity contribution in [2.75, 3.05) is 18.9 Å². The van der Waals surface area contributed by atoms with Crippen molar-refractivity contribution in [1.82, 2.24) is 5.32 Å². The first-order valence-electron chi connectivity index (χ1n) is 6.05. The Balaban J connectivity index is 2.19. The van der Waals surface area contributed by atoms with Crippen LogP contribution in [0.2, 0.25) is 0 Å². The summed E-state index contributed by atoms with van der Waals surface area (Å²) >= 11 is 0. The Morgan fingerprint density at radius 1 is 1.44 bits per heavy atom. The van der Waals surface area contributed by atoms with Gasteiger partial charge in [0.25, 0.3) is 5.91 Å². The van der Waals surface area contributed by atoms with Crippen LogP contribution in [0.25, 0.3) is 0 Å². The van der Waals surface area contributed by atoms with Gasteiger partial charge in [-0.1, -0.05) is 6.92 Å². The standard InChI is InChI=1S/C13H20N2O3/c1-2-11(16)7-8-15-13(17)9-18-12-5-3-10(14)4-6-12/h3-6,11,16H,2,7-9,14H2,1H3,(H,15,17). The minimum Gasteiger partial charge on any atom is -0.484 e. The van der Waals surface area contributed by atoms with Crippen LogP contribution in [0.5, 0.6) is 5.75 Å². The number of nitrogens with one attached hydrogen (secondary N) is 1. The smallest absolute Gasteiger partial charge is 0.257 e. The van der Waals surface area contributed by atoms with Gasteiger partial charge in [0.15, 0.2) is 6.61 Å². The fourth-order valence-electron chi connectivity index (χ4n) is 1.35. The molecule has 0 aliphatic carbocycles. The van der Waals surface area contributed by atoms with E-state index in [0.29, 0.717) is 30.8 Å². The Kier molecular flexibility index (Phi) is 6.00. The first-order valence-corrected chi connectivity index (χ1v) is 6.05. The molecule has 0 saturated heterocycles. The molecule has 0 radical (unpaired) electrons. The summed E-state index contributed by atoms with van der Waals surface area (Å²) in [5, 5.41) is 12.0. The van der Waals surface area contributed by atoms with Gasteiger partial charge in [-0.2, -0.15) is 0 Å². The van der Waals surface area contributed by atoms with E-state index in [4.69, 9.17) is 10.5 Å². The van der Waals surface area contributed by atoms with Crippen LogP contribution in [0.3, 0.4) is 0 Å². The van der Waals surface area contributed by atoms with E-state index < -0.39 is 0 Å². The monoisotopic (exact) mass is 252 g/mol. The number of hydrogen-bond donors (Lipinski definition) is 3. The lowest BCUT2D eigenvalue weighted by Gasteiger charge is -2.09. The van der Waals surface area contributed by atoms with Crippen LogP contribution in [0.1, 0.15) is 19.8 Å². The van der Waals surface area contributed by atoms with Gasteiger partial charge in [0, 0.05) is 12.2 Å². The Bertz CT molecular complexity index is 365. The first kappa shape index (κ1) is 14.3. The molecule has 1 atom stereocenters. The summed E-state index contributed by atoms with van der Waals surface area (Å²) in [6.07, 6.45) is 0.894. The number of benzene rings is 1. The second-order valence-corrected chi connectivity index (χ2v) is 4.06. The summed E-state index contributed by atoms with van der Waals surface area (Å²) < 4.78 is 5.28. The molecule has 0 fully saturated rings. The van der Waals surface area contributed by atoms with Gasteiger partial charge < -0.3 is 20.9 Å². The minimum atomic E-state index is -0.358. The highest BCUT2D eigenvalue weighted by molar-refractivity contribution is 5.77. The largest absolute Gasteiger partial charge is 0.484 e. The highest BCUT2D eigenvalue weighted by Gasteiger charge is 2.04. The molecule has 5 nitrogen and oxygen atoms in total. The van der Waals surface area contributed by atoms with E-state index in [1.165, 1.54) is 0 Å². The summed E-state index contributed by atoms with van der Waals surface area (Å²) in [6.45, 7) is 2.32. The van der Waals surface area contributed by atoms with Crippen molar-refractivity contribution in [3.05, 3.63) is 24.3 Å². The summed E-state index contributed by atoms with van der Waals surface area (Å²) in [5.74, 6) is 0.406. The summed E-state index contributed by atoms with van der Waals surface area (Å²) in [7, 11) is 0. The third-order valence-corrected chi connectivity index (χ3v) is 2.52. The number of aliphatic hydroxyl groups excluding tert-OH is 1. The molecule has 0 saturated carbocycles. The normalized spacial score (nSPS) is 11.9. The van der Waals surface area contributed by atoms with E-state index in [1.54, 1.807) is 24.3 Å². The van der Waals surface area contributed by atoms with Crippen LogP contribution in [0, 0.1) is 0 Å². The van der Waals surface area contributed by atoms with Gasteiger partial charge in [-0.25, -0.2) is 0 Å². The predicted molar refractivity (Wildman–Crippen MR) is 70.3 cm³/mol. The van der Waals surface area contributed by atoms with Gasteiger partial charge in [0.1, 0.15) is 5.75 Å². The molecule has 1 unspecified atom stereocenters. The third kappa shape index (κ3) is 5.54. The molecule has 18 heavy (non-hydrogen) atoms. The predicted octanol–water partition coefficient (Wildman–Crippen LogP) is 0.925. The van der Waals surface area contributed by atoms with E-state index in [9.17, 15) is 9.90 Å². The van der Waals surface area contributed by atoms with Crippen molar-refractivity contribution in [2.45, 2.75) is 25.9 Å². The maximum atomic E-state index is 11.4. The Morgan fingerprint density at radius 3 is 2.72 bits per heavy atom. The second-order valence-electron chi connectivity index (χ2n) is 4.06. The zero-order valence-corrected chi connectivity index (χ0v) is 10.6. The molecular formula is C13H20N2O3. The maximum absolute atomic E-state index is 11.4. The Labute approximate surface area is 107 Å². The number of aliphatic hydroxyl groups is 1. The number of amides is 1. The van der Waals surface area contributed by atoms with Gasteiger partial charge in [-0.3, -0.25) is 4.79 Å². The average Bonchev–Trinajstić information content (AvgIpc) is 2.38. The molecule has 0 aliphatic rings. The quantitative estimate of drug-likeness (QED) is 0.630. The lowest BCUT2D eigenvalue weighted by atomic mass is 10.2. The number of nitrogens with two attached hydrogens (primary N) is 1. The second kappa shape index (κ2) is 7.55. The van der Waals surface area contributed by atoms with Crippen molar-refractivity contribution < 1.29 is 14.6 Å². The molecule has 0 heterocycles. The number of ether oxygens (including phenoxy) is 1. The fourth-order valence-corrected chi connectivity index (χ4v) is 1.35. The number of hydrogen-bond acceptors (Lipinski definition) is 4. The minimum absolute atomic E-state index is 0.0356. The molecular weight excluding hydrogens is 232 g/mol. The Hall–Kier alpha value is -1.75. The molecule has 1 amide bonds. The molecule has 0 spiro atoms. The van der Waals surface area contributed by atoms with Gasteiger partial charge in [-0.05, 0) is 37.1 Å². The topological polar surface area (TPSA) is 84.6 Å². The molecule has 100 valence electrons. The molecule has 1 rings (SSSR count). The fraction of sp³-hybridized carbons (Fsp3) is 0.462. The zero-order valence-electron chi connectivity index (χ0n) is 10.6. The van der Waals surface area contributed by atoms with Crippen LogP contribution in [0.15, 0.2) is 24.3 Å². The van der Waals surface area contributed by atoms with Crippen LogP contribution in [-0.4, -0.2) is 30.3 Å². The van der Waals surface area contributed by atoms with Crippen LogP contribution < -0.4 is 15.8 Å². The number of carbonyl (C=O) groups is 1. The number of anilines is 1. The maximum Gasteiger partial charge on any atom is 0.257 e. The van der Waals surface area contributed by atoms with E-state index in [1.807, 2.05) is 6.92 Å². The lowest BCUT2D eigenvalue weighted by molar-refractivity contribution is -0.123. The van der Waals surface area contributed by atoms with Gasteiger partial charge in [0.05, 0.1) is 6.10 Å². The van der Waals surface area contributed by atoms with E-state index in [0.717, 1.165) is 0 Å². The number of rotatable bonds is 7. The highest BCUT2D eigenvalue weighted by atomic mass is 16.5. The molecule has 0 aliphatic heterocycles. The molecule has 4 N–H and O–H groups in total. The van der Waals surface area contributed by atoms with Crippen molar-refractivity contribution in [2.24, 2.45) is 0 Å². The third-order valence-electron chi connectivity index (χ3n) is 2.52. The van der Waals surface area contributed by atoms with E-state index >= 15 is 0 Å². The van der Waals surface area contributed by atoms with Crippen molar-refractivity contribution in [3.63, 3.8) is 0 Å². The number of carbonyl (C=O) groups excluding carboxylic acids is 1. The number of nitrogen functional groups attached to an aromatic ring is 1. The van der Waals surface area contributed by atoms with Crippen LogP contribution in [-0.2, 0) is 4.79 Å². The van der Waals surface area contributed by atoms with E-state index in [-0.39, 0.29) is 18.6 Å². The van der Waals surface area contributed by atoms with E-state index in [2.05, 4.69) is 5.32 Å². The van der Waals surface area contributed by atoms with Gasteiger partial charge >= 0.3 is 0 Å². The SMILES string of the molecule is CCC(O)CCNC(=O)COc1ccc(N)cc1. The van der Waals surface area contributed by atoms with Crippen molar-refractivity contribution in [1.29, 1.82) is 0 Å². The summed E-state index contributed by atoms with van der Waals surface area (Å²) in [6, 6.07) is 6.85. The summed E-state index contributed by atoms with van der Waals surface area (Å²) in [5.41, 5.74) is 6.18. The van der Waals surface area contributed by atoms with Crippen LogP contribution >= 0.6 is 0 Å². The highest BCUT2D eigenvalue weighted by Crippen LogP contribution is 2.12. The molecule has 0 aromatic heterocycles. The van der Waals surface area contributed by atoms with Crippen molar-refractivity contribution >= 4 is 11.6 Å². The van der Waals surface area contributed by atoms with Crippen molar-refractivity contribution in [3.8, 4) is 5.75 Å². The van der Waals surface area contributed by atoms with Gasteiger partial charge in [0.2, 0.25) is 0 Å². The zero-order chi connectivity index (χ0) is 13.4. The molecule has 1 aromatic carbocycles. The Morgan fingerprint density at radius 2 is 2.11 bits per heavy atom. The lowest BCUT2D eigenvalue weighted by Crippen LogP contribution is -2.31. The molecule has 0 bridgehead atoms. The first-order chi connectivity index (χ1) is 8.61.